The summed E-state index contributed by atoms with van der Waals surface area (Å²) < 4.78 is 40.4. The van der Waals surface area contributed by atoms with Crippen LogP contribution in [0.3, 0.4) is 0 Å². The molecule has 0 radical (unpaired) electrons. The quantitative estimate of drug-likeness (QED) is 0.645. The molecule has 0 bridgehead atoms. The predicted octanol–water partition coefficient (Wildman–Crippen LogP) is 2.36. The smallest absolute Gasteiger partial charge is 0.243 e. The maximum atomic E-state index is 14.0. The molecular weight excluding hydrogens is 311 g/mol. The van der Waals surface area contributed by atoms with Gasteiger partial charge in [-0.05, 0) is 49.1 Å². The van der Waals surface area contributed by atoms with Gasteiger partial charge in [0.1, 0.15) is 10.7 Å². The summed E-state index contributed by atoms with van der Waals surface area (Å²) in [5, 5.41) is 3.15. The van der Waals surface area contributed by atoms with Crippen molar-refractivity contribution in [2.75, 3.05) is 25.1 Å². The normalized spacial score (nSPS) is 11.8. The molecule has 0 spiro atoms. The first-order valence-corrected chi connectivity index (χ1v) is 9.86. The van der Waals surface area contributed by atoms with Crippen LogP contribution in [0, 0.1) is 5.82 Å². The number of nitrogens with one attached hydrogen (secondary N) is 2. The van der Waals surface area contributed by atoms with E-state index in [1.54, 1.807) is 17.8 Å². The molecule has 0 aromatic heterocycles. The van der Waals surface area contributed by atoms with Gasteiger partial charge >= 0.3 is 0 Å². The van der Waals surface area contributed by atoms with Crippen molar-refractivity contribution in [3.8, 4) is 0 Å². The minimum Gasteiger partial charge on any atom is -0.313 e. The van der Waals surface area contributed by atoms with Crippen molar-refractivity contribution < 1.29 is 12.8 Å². The molecule has 1 rings (SSSR count). The Hall–Kier alpha value is -0.630. The van der Waals surface area contributed by atoms with Gasteiger partial charge in [0.2, 0.25) is 10.0 Å². The summed E-state index contributed by atoms with van der Waals surface area (Å²) in [6.45, 7) is 3.75. The zero-order chi connectivity index (χ0) is 15.7. The van der Waals surface area contributed by atoms with Gasteiger partial charge < -0.3 is 5.32 Å². The van der Waals surface area contributed by atoms with Crippen LogP contribution in [-0.2, 0) is 16.6 Å². The molecule has 21 heavy (non-hydrogen) atoms. The highest BCUT2D eigenvalue weighted by molar-refractivity contribution is 7.98. The fourth-order valence-corrected chi connectivity index (χ4v) is 3.35. The second-order valence-corrected chi connectivity index (χ2v) is 7.41. The number of sulfonamides is 1. The van der Waals surface area contributed by atoms with E-state index in [0.717, 1.165) is 30.7 Å². The van der Waals surface area contributed by atoms with E-state index in [-0.39, 0.29) is 4.90 Å². The van der Waals surface area contributed by atoms with Gasteiger partial charge in [-0.15, -0.1) is 0 Å². The van der Waals surface area contributed by atoms with Crippen LogP contribution >= 0.6 is 11.8 Å². The zero-order valence-corrected chi connectivity index (χ0v) is 14.1. The van der Waals surface area contributed by atoms with E-state index in [1.807, 2.05) is 13.2 Å². The van der Waals surface area contributed by atoms with Crippen molar-refractivity contribution in [3.63, 3.8) is 0 Å². The van der Waals surface area contributed by atoms with E-state index in [9.17, 15) is 12.8 Å². The highest BCUT2D eigenvalue weighted by Gasteiger charge is 2.18. The largest absolute Gasteiger partial charge is 0.313 e. The Morgan fingerprint density at radius 2 is 2.05 bits per heavy atom. The molecule has 0 aliphatic rings. The van der Waals surface area contributed by atoms with Crippen LogP contribution in [0.2, 0.25) is 0 Å². The first-order valence-electron chi connectivity index (χ1n) is 6.99. The Labute approximate surface area is 131 Å². The van der Waals surface area contributed by atoms with Crippen molar-refractivity contribution in [3.05, 3.63) is 29.6 Å². The van der Waals surface area contributed by atoms with Gasteiger partial charge in [-0.3, -0.25) is 0 Å². The van der Waals surface area contributed by atoms with E-state index in [1.165, 1.54) is 12.1 Å². The predicted molar refractivity (Wildman–Crippen MR) is 86.6 cm³/mol. The van der Waals surface area contributed by atoms with Crippen molar-refractivity contribution in [2.45, 2.75) is 31.2 Å². The number of rotatable bonds is 10. The van der Waals surface area contributed by atoms with Crippen LogP contribution in [0.1, 0.15) is 25.3 Å². The molecule has 4 nitrogen and oxygen atoms in total. The van der Waals surface area contributed by atoms with E-state index >= 15 is 0 Å². The van der Waals surface area contributed by atoms with Gasteiger partial charge in [-0.1, -0.05) is 13.0 Å². The summed E-state index contributed by atoms with van der Waals surface area (Å²) in [5.74, 6) is 0.163. The summed E-state index contributed by atoms with van der Waals surface area (Å²) in [6.07, 6.45) is 3.68. The average molecular weight is 334 g/mol. The van der Waals surface area contributed by atoms with E-state index in [0.29, 0.717) is 13.1 Å². The fraction of sp³-hybridized carbons (Fsp3) is 0.571. The molecule has 0 unspecified atom stereocenters. The maximum Gasteiger partial charge on any atom is 0.243 e. The summed E-state index contributed by atoms with van der Waals surface area (Å²) in [7, 11) is -3.77. The molecule has 0 heterocycles. The Morgan fingerprint density at radius 1 is 1.29 bits per heavy atom. The van der Waals surface area contributed by atoms with Crippen LogP contribution < -0.4 is 10.0 Å². The Balaban J connectivity index is 2.69. The van der Waals surface area contributed by atoms with Gasteiger partial charge in [0.05, 0.1) is 0 Å². The standard InChI is InChI=1S/C14H23FN2O2S2/c1-3-7-16-11-12-5-6-14(13(15)10-12)21(18,19)17-8-4-9-20-2/h5-6,10,16-17H,3-4,7-9,11H2,1-2H3. The molecule has 0 saturated carbocycles. The average Bonchev–Trinajstić information content (AvgIpc) is 2.44. The van der Waals surface area contributed by atoms with Crippen LogP contribution in [-0.4, -0.2) is 33.5 Å². The third-order valence-corrected chi connectivity index (χ3v) is 5.05. The van der Waals surface area contributed by atoms with E-state index < -0.39 is 15.8 Å². The van der Waals surface area contributed by atoms with Gasteiger partial charge in [0.25, 0.3) is 0 Å². The van der Waals surface area contributed by atoms with Crippen molar-refractivity contribution in [1.82, 2.24) is 10.0 Å². The van der Waals surface area contributed by atoms with Gasteiger partial charge in [-0.25, -0.2) is 17.5 Å². The molecular formula is C14H23FN2O2S2. The lowest BCUT2D eigenvalue weighted by Crippen LogP contribution is -2.26. The van der Waals surface area contributed by atoms with Crippen molar-refractivity contribution in [1.29, 1.82) is 0 Å². The van der Waals surface area contributed by atoms with E-state index in [4.69, 9.17) is 0 Å². The van der Waals surface area contributed by atoms with Gasteiger partial charge in [0, 0.05) is 13.1 Å². The minimum absolute atomic E-state index is 0.286. The number of halogens is 1. The second-order valence-electron chi connectivity index (χ2n) is 4.69. The molecule has 0 aliphatic carbocycles. The van der Waals surface area contributed by atoms with E-state index in [2.05, 4.69) is 10.0 Å². The molecule has 1 aromatic carbocycles. The topological polar surface area (TPSA) is 58.2 Å². The third kappa shape index (κ3) is 6.34. The van der Waals surface area contributed by atoms with Crippen molar-refractivity contribution >= 4 is 21.8 Å². The summed E-state index contributed by atoms with van der Waals surface area (Å²) in [6, 6.07) is 4.25. The highest BCUT2D eigenvalue weighted by atomic mass is 32.2. The SMILES string of the molecule is CCCNCc1ccc(S(=O)(=O)NCCCSC)c(F)c1. The molecule has 7 heteroatoms. The fourth-order valence-electron chi connectivity index (χ4n) is 1.78. The molecule has 0 atom stereocenters. The summed E-state index contributed by atoms with van der Waals surface area (Å²) >= 11 is 1.65. The Morgan fingerprint density at radius 3 is 2.67 bits per heavy atom. The summed E-state index contributed by atoms with van der Waals surface area (Å²) in [4.78, 5) is -0.286. The molecule has 0 amide bonds. The Kier molecular flexibility index (Phi) is 8.24. The first kappa shape index (κ1) is 18.4. The molecule has 2 N–H and O–H groups in total. The molecule has 0 saturated heterocycles. The second kappa shape index (κ2) is 9.40. The monoisotopic (exact) mass is 334 g/mol. The lowest BCUT2D eigenvalue weighted by atomic mass is 10.2. The molecule has 120 valence electrons. The maximum absolute atomic E-state index is 14.0. The van der Waals surface area contributed by atoms with Crippen molar-refractivity contribution in [2.24, 2.45) is 0 Å². The summed E-state index contributed by atoms with van der Waals surface area (Å²) in [5.41, 5.74) is 0.738. The molecule has 0 fully saturated rings. The number of hydrogen-bond acceptors (Lipinski definition) is 4. The molecule has 1 aromatic rings. The van der Waals surface area contributed by atoms with Crippen LogP contribution in [0.15, 0.2) is 23.1 Å². The number of hydrogen-bond donors (Lipinski definition) is 2. The number of thioether (sulfide) groups is 1. The zero-order valence-electron chi connectivity index (χ0n) is 12.5. The molecule has 0 aliphatic heterocycles. The highest BCUT2D eigenvalue weighted by Crippen LogP contribution is 2.16. The minimum atomic E-state index is -3.77. The lowest BCUT2D eigenvalue weighted by Gasteiger charge is -2.09. The van der Waals surface area contributed by atoms with Crippen LogP contribution in [0.25, 0.3) is 0 Å². The van der Waals surface area contributed by atoms with Crippen LogP contribution in [0.5, 0.6) is 0 Å². The van der Waals surface area contributed by atoms with Gasteiger partial charge in [0.15, 0.2) is 0 Å². The lowest BCUT2D eigenvalue weighted by molar-refractivity contribution is 0.554. The first-order chi connectivity index (χ1) is 10.0. The number of benzene rings is 1. The van der Waals surface area contributed by atoms with Gasteiger partial charge in [-0.2, -0.15) is 11.8 Å². The third-order valence-electron chi connectivity index (χ3n) is 2.86. The Bertz CT molecular complexity index is 536. The van der Waals surface area contributed by atoms with Crippen LogP contribution in [0.4, 0.5) is 4.39 Å².